The molecular formula is C13H18ClN5O2. The molecule has 0 aliphatic heterocycles. The van der Waals surface area contributed by atoms with Crippen LogP contribution in [0.4, 0.5) is 5.69 Å². The topological polar surface area (TPSA) is 76.2 Å². The summed E-state index contributed by atoms with van der Waals surface area (Å²) < 4.78 is 6.69. The third kappa shape index (κ3) is 4.05. The molecule has 0 aromatic carbocycles. The lowest BCUT2D eigenvalue weighted by atomic mass is 10.4. The Hall–Kier alpha value is -1.86. The molecule has 1 N–H and O–H groups in total. The van der Waals surface area contributed by atoms with Gasteiger partial charge < -0.3 is 14.6 Å². The van der Waals surface area contributed by atoms with Crippen LogP contribution in [-0.4, -0.2) is 40.3 Å². The number of nitrogens with zero attached hydrogens (tertiary/aromatic N) is 4. The molecule has 8 heteroatoms. The summed E-state index contributed by atoms with van der Waals surface area (Å²) in [4.78, 5) is 18.1. The van der Waals surface area contributed by atoms with Crippen molar-refractivity contribution < 1.29 is 4.42 Å². The summed E-state index contributed by atoms with van der Waals surface area (Å²) in [6, 6.07) is 0. The van der Waals surface area contributed by atoms with Crippen LogP contribution in [0.5, 0.6) is 0 Å². The molecule has 0 unspecified atom stereocenters. The standard InChI is InChI=1S/C13H18ClN5O2/c1-9-6-16-11(21-9)8-15-10-7-17-19(5-4-18(2)3)13(20)12(10)14/h6-7,15H,4-5,8H2,1-3H3. The number of aryl methyl sites for hydroxylation is 1. The van der Waals surface area contributed by atoms with Crippen LogP contribution in [0.2, 0.25) is 5.02 Å². The Bertz CT molecular complexity index is 665. The molecular weight excluding hydrogens is 294 g/mol. The molecule has 7 nitrogen and oxygen atoms in total. The van der Waals surface area contributed by atoms with Crippen LogP contribution in [-0.2, 0) is 13.1 Å². The third-order valence-corrected chi connectivity index (χ3v) is 3.21. The van der Waals surface area contributed by atoms with Gasteiger partial charge in [0.25, 0.3) is 5.56 Å². The molecule has 0 radical (unpaired) electrons. The molecule has 0 spiro atoms. The minimum absolute atomic E-state index is 0.118. The van der Waals surface area contributed by atoms with E-state index in [0.29, 0.717) is 31.2 Å². The fraction of sp³-hybridized carbons (Fsp3) is 0.462. The number of hydrogen-bond acceptors (Lipinski definition) is 6. The van der Waals surface area contributed by atoms with E-state index in [-0.39, 0.29) is 10.6 Å². The van der Waals surface area contributed by atoms with E-state index in [1.54, 1.807) is 6.20 Å². The number of rotatable bonds is 6. The van der Waals surface area contributed by atoms with Crippen molar-refractivity contribution in [2.75, 3.05) is 26.0 Å². The predicted octanol–water partition coefficient (Wildman–Crippen LogP) is 1.37. The van der Waals surface area contributed by atoms with Crippen molar-refractivity contribution >= 4 is 17.3 Å². The number of likely N-dealkylation sites (N-methyl/N-ethyl adjacent to an activating group) is 1. The van der Waals surface area contributed by atoms with E-state index >= 15 is 0 Å². The van der Waals surface area contributed by atoms with E-state index in [1.807, 2.05) is 25.9 Å². The van der Waals surface area contributed by atoms with Gasteiger partial charge in [-0.15, -0.1) is 0 Å². The normalized spacial score (nSPS) is 11.1. The summed E-state index contributed by atoms with van der Waals surface area (Å²) in [5, 5.41) is 7.23. The Morgan fingerprint density at radius 2 is 2.19 bits per heavy atom. The average Bonchev–Trinajstić information content (AvgIpc) is 2.85. The van der Waals surface area contributed by atoms with Gasteiger partial charge >= 0.3 is 0 Å². The molecule has 0 saturated carbocycles. The molecule has 0 fully saturated rings. The highest BCUT2D eigenvalue weighted by atomic mass is 35.5. The molecule has 114 valence electrons. The molecule has 0 amide bonds. The third-order valence-electron chi connectivity index (χ3n) is 2.84. The maximum atomic E-state index is 12.1. The van der Waals surface area contributed by atoms with Gasteiger partial charge in [-0.3, -0.25) is 4.79 Å². The number of nitrogens with one attached hydrogen (secondary N) is 1. The SMILES string of the molecule is Cc1cnc(CNc2cnn(CCN(C)C)c(=O)c2Cl)o1. The minimum atomic E-state index is -0.313. The van der Waals surface area contributed by atoms with Crippen LogP contribution >= 0.6 is 11.6 Å². The monoisotopic (exact) mass is 311 g/mol. The molecule has 0 saturated heterocycles. The van der Waals surface area contributed by atoms with E-state index < -0.39 is 0 Å². The zero-order chi connectivity index (χ0) is 15.4. The van der Waals surface area contributed by atoms with Gasteiger partial charge in [-0.05, 0) is 21.0 Å². The lowest BCUT2D eigenvalue weighted by molar-refractivity contribution is 0.367. The van der Waals surface area contributed by atoms with Crippen molar-refractivity contribution in [2.45, 2.75) is 20.0 Å². The lowest BCUT2D eigenvalue weighted by Gasteiger charge is -2.12. The zero-order valence-corrected chi connectivity index (χ0v) is 13.0. The second-order valence-corrected chi connectivity index (χ2v) is 5.30. The number of oxazole rings is 1. The molecule has 0 atom stereocenters. The van der Waals surface area contributed by atoms with Gasteiger partial charge in [0, 0.05) is 6.54 Å². The summed E-state index contributed by atoms with van der Waals surface area (Å²) >= 11 is 6.08. The Morgan fingerprint density at radius 1 is 1.43 bits per heavy atom. The Labute approximate surface area is 127 Å². The van der Waals surface area contributed by atoms with Crippen molar-refractivity contribution in [3.63, 3.8) is 0 Å². The first-order valence-corrected chi connectivity index (χ1v) is 6.90. The maximum Gasteiger partial charge on any atom is 0.287 e. The van der Waals surface area contributed by atoms with E-state index in [0.717, 1.165) is 5.76 Å². The van der Waals surface area contributed by atoms with Gasteiger partial charge in [0.15, 0.2) is 0 Å². The van der Waals surface area contributed by atoms with Crippen LogP contribution in [0.25, 0.3) is 0 Å². The Kier molecular flexibility index (Phi) is 4.98. The first-order chi connectivity index (χ1) is 9.97. The van der Waals surface area contributed by atoms with Gasteiger partial charge in [0.2, 0.25) is 5.89 Å². The van der Waals surface area contributed by atoms with Crippen molar-refractivity contribution in [2.24, 2.45) is 0 Å². The minimum Gasteiger partial charge on any atom is -0.444 e. The van der Waals surface area contributed by atoms with E-state index in [4.69, 9.17) is 16.0 Å². The van der Waals surface area contributed by atoms with E-state index in [1.165, 1.54) is 10.9 Å². The predicted molar refractivity (Wildman–Crippen MR) is 80.6 cm³/mol. The van der Waals surface area contributed by atoms with Crippen LogP contribution in [0.3, 0.4) is 0 Å². The fourth-order valence-electron chi connectivity index (χ4n) is 1.70. The highest BCUT2D eigenvalue weighted by molar-refractivity contribution is 6.32. The lowest BCUT2D eigenvalue weighted by Crippen LogP contribution is -2.29. The summed E-state index contributed by atoms with van der Waals surface area (Å²) in [7, 11) is 3.86. The molecule has 2 aromatic rings. The van der Waals surface area contributed by atoms with Gasteiger partial charge in [0.1, 0.15) is 10.8 Å². The highest BCUT2D eigenvalue weighted by Crippen LogP contribution is 2.16. The zero-order valence-electron chi connectivity index (χ0n) is 12.3. The van der Waals surface area contributed by atoms with Crippen molar-refractivity contribution in [1.82, 2.24) is 19.7 Å². The molecule has 2 aromatic heterocycles. The largest absolute Gasteiger partial charge is 0.444 e. The number of aromatic nitrogens is 3. The molecule has 2 rings (SSSR count). The highest BCUT2D eigenvalue weighted by Gasteiger charge is 2.10. The maximum absolute atomic E-state index is 12.1. The van der Waals surface area contributed by atoms with Gasteiger partial charge in [-0.1, -0.05) is 11.6 Å². The van der Waals surface area contributed by atoms with Crippen molar-refractivity contribution in [3.05, 3.63) is 39.4 Å². The first kappa shape index (κ1) is 15.5. The average molecular weight is 312 g/mol. The van der Waals surface area contributed by atoms with Crippen molar-refractivity contribution in [1.29, 1.82) is 0 Å². The van der Waals surface area contributed by atoms with E-state index in [2.05, 4.69) is 15.4 Å². The molecule has 21 heavy (non-hydrogen) atoms. The van der Waals surface area contributed by atoms with Gasteiger partial charge in [-0.2, -0.15) is 5.10 Å². The smallest absolute Gasteiger partial charge is 0.287 e. The van der Waals surface area contributed by atoms with Gasteiger partial charge in [0.05, 0.1) is 31.2 Å². The summed E-state index contributed by atoms with van der Waals surface area (Å²) in [5.74, 6) is 1.26. The van der Waals surface area contributed by atoms with Crippen LogP contribution in [0.1, 0.15) is 11.7 Å². The van der Waals surface area contributed by atoms with Crippen LogP contribution in [0.15, 0.2) is 21.6 Å². The molecule has 0 bridgehead atoms. The summed E-state index contributed by atoms with van der Waals surface area (Å²) in [6.07, 6.45) is 3.17. The quantitative estimate of drug-likeness (QED) is 0.868. The van der Waals surface area contributed by atoms with Crippen molar-refractivity contribution in [3.8, 4) is 0 Å². The molecule has 0 aliphatic carbocycles. The summed E-state index contributed by atoms with van der Waals surface area (Å²) in [6.45, 7) is 3.36. The molecule has 0 aliphatic rings. The van der Waals surface area contributed by atoms with E-state index in [9.17, 15) is 4.79 Å². The Balaban J connectivity index is 2.07. The first-order valence-electron chi connectivity index (χ1n) is 6.53. The number of halogens is 1. The second-order valence-electron chi connectivity index (χ2n) is 4.92. The van der Waals surface area contributed by atoms with Crippen LogP contribution < -0.4 is 10.9 Å². The molecule has 2 heterocycles. The summed E-state index contributed by atoms with van der Waals surface area (Å²) in [5.41, 5.74) is 0.158. The van der Waals surface area contributed by atoms with Crippen LogP contribution in [0, 0.1) is 6.92 Å². The number of anilines is 1. The van der Waals surface area contributed by atoms with Gasteiger partial charge in [-0.25, -0.2) is 9.67 Å². The Morgan fingerprint density at radius 3 is 2.81 bits per heavy atom. The number of hydrogen-bond donors (Lipinski definition) is 1. The second kappa shape index (κ2) is 6.73. The fourth-order valence-corrected chi connectivity index (χ4v) is 1.91.